The first-order valence-electron chi connectivity index (χ1n) is 8.12. The molecule has 23 heavy (non-hydrogen) atoms. The van der Waals surface area contributed by atoms with Gasteiger partial charge in [-0.15, -0.1) is 0 Å². The third-order valence-electron chi connectivity index (χ3n) is 4.07. The number of aryl methyl sites for hydroxylation is 1. The molecule has 0 spiro atoms. The van der Waals surface area contributed by atoms with Crippen LogP contribution in [0.15, 0.2) is 36.4 Å². The maximum absolute atomic E-state index is 12.4. The summed E-state index contributed by atoms with van der Waals surface area (Å²) in [7, 11) is 4.08. The van der Waals surface area contributed by atoms with E-state index in [9.17, 15) is 4.79 Å². The van der Waals surface area contributed by atoms with Crippen LogP contribution in [-0.4, -0.2) is 42.6 Å². The molecule has 1 aromatic heterocycles. The zero-order valence-electron chi connectivity index (χ0n) is 14.6. The Kier molecular flexibility index (Phi) is 5.99. The lowest BCUT2D eigenvalue weighted by molar-refractivity contribution is 0.0951. The second-order valence-electron chi connectivity index (χ2n) is 6.27. The topological polar surface area (TPSA) is 37.3 Å². The highest BCUT2D eigenvalue weighted by Crippen LogP contribution is 2.17. The van der Waals surface area contributed by atoms with Crippen molar-refractivity contribution in [1.82, 2.24) is 14.8 Å². The van der Waals surface area contributed by atoms with E-state index in [1.165, 1.54) is 5.56 Å². The Balaban J connectivity index is 2.03. The van der Waals surface area contributed by atoms with Gasteiger partial charge in [-0.1, -0.05) is 30.3 Å². The predicted octanol–water partition coefficient (Wildman–Crippen LogP) is 2.83. The molecular formula is C19H27N3O. The van der Waals surface area contributed by atoms with Gasteiger partial charge in [-0.05, 0) is 52.5 Å². The first kappa shape index (κ1) is 17.3. The van der Waals surface area contributed by atoms with Gasteiger partial charge in [-0.25, -0.2) is 0 Å². The van der Waals surface area contributed by atoms with Crippen LogP contribution in [-0.2, 0) is 6.54 Å². The zero-order chi connectivity index (χ0) is 16.8. The molecule has 124 valence electrons. The average molecular weight is 313 g/mol. The molecular weight excluding hydrogens is 286 g/mol. The highest BCUT2D eigenvalue weighted by atomic mass is 16.1. The number of carbonyl (C=O) groups is 1. The van der Waals surface area contributed by atoms with Crippen LogP contribution in [0.1, 0.15) is 33.7 Å². The number of rotatable bonds is 7. The summed E-state index contributed by atoms with van der Waals surface area (Å²) in [6.07, 6.45) is 0.960. The molecule has 1 heterocycles. The lowest BCUT2D eigenvalue weighted by Gasteiger charge is -2.11. The summed E-state index contributed by atoms with van der Waals surface area (Å²) in [5.41, 5.74) is 4.16. The number of nitrogens with one attached hydrogen (secondary N) is 1. The molecule has 0 fully saturated rings. The van der Waals surface area contributed by atoms with Crippen molar-refractivity contribution in [2.45, 2.75) is 26.8 Å². The number of carbonyl (C=O) groups excluding carboxylic acids is 1. The molecule has 1 aromatic carbocycles. The summed E-state index contributed by atoms with van der Waals surface area (Å²) < 4.78 is 2.20. The molecule has 0 aliphatic carbocycles. The van der Waals surface area contributed by atoms with Gasteiger partial charge in [0.1, 0.15) is 0 Å². The Labute approximate surface area is 139 Å². The van der Waals surface area contributed by atoms with Gasteiger partial charge in [0, 0.05) is 24.5 Å². The Bertz CT molecular complexity index is 644. The van der Waals surface area contributed by atoms with E-state index in [1.807, 2.05) is 45.3 Å². The van der Waals surface area contributed by atoms with Crippen molar-refractivity contribution in [2.75, 3.05) is 27.2 Å². The number of hydrogen-bond acceptors (Lipinski definition) is 2. The largest absolute Gasteiger partial charge is 0.352 e. The second-order valence-corrected chi connectivity index (χ2v) is 6.27. The third-order valence-corrected chi connectivity index (χ3v) is 4.07. The highest BCUT2D eigenvalue weighted by molar-refractivity contribution is 5.95. The molecule has 2 rings (SSSR count). The molecule has 0 atom stereocenters. The zero-order valence-corrected chi connectivity index (χ0v) is 14.6. The van der Waals surface area contributed by atoms with Crippen molar-refractivity contribution in [3.63, 3.8) is 0 Å². The molecule has 0 bridgehead atoms. The smallest absolute Gasteiger partial charge is 0.253 e. The van der Waals surface area contributed by atoms with Gasteiger partial charge in [-0.2, -0.15) is 0 Å². The van der Waals surface area contributed by atoms with Crippen LogP contribution in [0.25, 0.3) is 0 Å². The van der Waals surface area contributed by atoms with Crippen LogP contribution in [0.5, 0.6) is 0 Å². The lowest BCUT2D eigenvalue weighted by atomic mass is 10.2. The quantitative estimate of drug-likeness (QED) is 0.798. The number of hydrogen-bond donors (Lipinski definition) is 1. The van der Waals surface area contributed by atoms with Gasteiger partial charge in [0.25, 0.3) is 5.91 Å². The van der Waals surface area contributed by atoms with E-state index in [1.54, 1.807) is 0 Å². The monoisotopic (exact) mass is 313 g/mol. The van der Waals surface area contributed by atoms with Crippen LogP contribution in [0.4, 0.5) is 0 Å². The second kappa shape index (κ2) is 7.97. The van der Waals surface area contributed by atoms with E-state index in [-0.39, 0.29) is 5.91 Å². The summed E-state index contributed by atoms with van der Waals surface area (Å²) in [6.45, 7) is 6.56. The fraction of sp³-hybridized carbons (Fsp3) is 0.421. The van der Waals surface area contributed by atoms with Crippen LogP contribution in [0, 0.1) is 13.8 Å². The summed E-state index contributed by atoms with van der Waals surface area (Å²) in [5, 5.41) is 3.02. The van der Waals surface area contributed by atoms with Gasteiger partial charge in [0.15, 0.2) is 0 Å². The third kappa shape index (κ3) is 4.70. The molecule has 2 aromatic rings. The highest BCUT2D eigenvalue weighted by Gasteiger charge is 2.15. The number of amides is 1. The Morgan fingerprint density at radius 2 is 1.87 bits per heavy atom. The number of nitrogens with zero attached hydrogens (tertiary/aromatic N) is 2. The molecule has 4 nitrogen and oxygen atoms in total. The first-order chi connectivity index (χ1) is 11.0. The molecule has 1 amide bonds. The minimum absolute atomic E-state index is 0.0242. The van der Waals surface area contributed by atoms with E-state index >= 15 is 0 Å². The summed E-state index contributed by atoms with van der Waals surface area (Å²) in [6, 6.07) is 12.3. The van der Waals surface area contributed by atoms with Crippen molar-refractivity contribution in [1.29, 1.82) is 0 Å². The van der Waals surface area contributed by atoms with E-state index in [0.29, 0.717) is 6.54 Å². The summed E-state index contributed by atoms with van der Waals surface area (Å²) in [4.78, 5) is 14.5. The normalized spacial score (nSPS) is 11.0. The molecule has 0 aliphatic heterocycles. The Hall–Kier alpha value is -2.07. The van der Waals surface area contributed by atoms with Crippen LogP contribution < -0.4 is 5.32 Å². The fourth-order valence-corrected chi connectivity index (χ4v) is 2.73. The average Bonchev–Trinajstić information content (AvgIpc) is 2.80. The van der Waals surface area contributed by atoms with Crippen molar-refractivity contribution in [3.8, 4) is 0 Å². The maximum atomic E-state index is 12.4. The van der Waals surface area contributed by atoms with Crippen molar-refractivity contribution < 1.29 is 4.79 Å². The minimum Gasteiger partial charge on any atom is -0.352 e. The number of benzene rings is 1. The SMILES string of the molecule is Cc1cc(C(=O)NCCCN(C)C)c(C)n1Cc1ccccc1. The van der Waals surface area contributed by atoms with Crippen molar-refractivity contribution in [3.05, 3.63) is 58.9 Å². The standard InChI is InChI=1S/C19H27N3O/c1-15-13-18(19(23)20-11-8-12-21(3)4)16(2)22(15)14-17-9-6-5-7-10-17/h5-7,9-10,13H,8,11-12,14H2,1-4H3,(H,20,23). The van der Waals surface area contributed by atoms with Crippen LogP contribution in [0.3, 0.4) is 0 Å². The number of aromatic nitrogens is 1. The predicted molar refractivity (Wildman–Crippen MR) is 95.0 cm³/mol. The van der Waals surface area contributed by atoms with Gasteiger partial charge in [0.05, 0.1) is 5.56 Å². The minimum atomic E-state index is 0.0242. The first-order valence-corrected chi connectivity index (χ1v) is 8.12. The maximum Gasteiger partial charge on any atom is 0.253 e. The van der Waals surface area contributed by atoms with Crippen molar-refractivity contribution >= 4 is 5.91 Å². The van der Waals surface area contributed by atoms with Crippen molar-refractivity contribution in [2.24, 2.45) is 0 Å². The molecule has 0 saturated heterocycles. The summed E-state index contributed by atoms with van der Waals surface area (Å²) in [5.74, 6) is 0.0242. The van der Waals surface area contributed by atoms with E-state index in [0.717, 1.165) is 36.5 Å². The fourth-order valence-electron chi connectivity index (χ4n) is 2.73. The van der Waals surface area contributed by atoms with Gasteiger partial charge < -0.3 is 14.8 Å². The molecule has 0 unspecified atom stereocenters. The molecule has 1 N–H and O–H groups in total. The van der Waals surface area contributed by atoms with Gasteiger partial charge >= 0.3 is 0 Å². The van der Waals surface area contributed by atoms with E-state index in [4.69, 9.17) is 0 Å². The van der Waals surface area contributed by atoms with E-state index < -0.39 is 0 Å². The lowest BCUT2D eigenvalue weighted by Crippen LogP contribution is -2.27. The van der Waals surface area contributed by atoms with Crippen LogP contribution >= 0.6 is 0 Å². The van der Waals surface area contributed by atoms with Gasteiger partial charge in [0.2, 0.25) is 0 Å². The Morgan fingerprint density at radius 3 is 2.52 bits per heavy atom. The molecule has 0 aliphatic rings. The van der Waals surface area contributed by atoms with Crippen LogP contribution in [0.2, 0.25) is 0 Å². The summed E-state index contributed by atoms with van der Waals surface area (Å²) >= 11 is 0. The van der Waals surface area contributed by atoms with E-state index in [2.05, 4.69) is 33.8 Å². The molecule has 0 saturated carbocycles. The Morgan fingerprint density at radius 1 is 1.17 bits per heavy atom. The molecule has 4 heteroatoms. The van der Waals surface area contributed by atoms with Gasteiger partial charge in [-0.3, -0.25) is 4.79 Å². The molecule has 0 radical (unpaired) electrons.